The van der Waals surface area contributed by atoms with Crippen LogP contribution in [-0.2, 0) is 16.6 Å². The first kappa shape index (κ1) is 20.3. The molecule has 2 aromatic rings. The second-order valence-electron chi connectivity index (χ2n) is 7.59. The third-order valence-electron chi connectivity index (χ3n) is 5.89. The molecule has 1 aromatic carbocycles. The van der Waals surface area contributed by atoms with Crippen molar-refractivity contribution in [2.75, 3.05) is 6.54 Å². The Balaban J connectivity index is 1.64. The molecular formula is C22H24BrN3O2. The average Bonchev–Trinajstić information content (AvgIpc) is 2.60. The van der Waals surface area contributed by atoms with Crippen LogP contribution in [0.4, 0.5) is 0 Å². The second-order valence-corrected chi connectivity index (χ2v) is 8.51. The van der Waals surface area contributed by atoms with Gasteiger partial charge in [-0.1, -0.05) is 34.5 Å². The summed E-state index contributed by atoms with van der Waals surface area (Å²) < 4.78 is 1.06. The van der Waals surface area contributed by atoms with Crippen LogP contribution >= 0.6 is 15.9 Å². The lowest BCUT2D eigenvalue weighted by atomic mass is 9.64. The summed E-state index contributed by atoms with van der Waals surface area (Å²) in [4.78, 5) is 27.0. The van der Waals surface area contributed by atoms with E-state index in [1.54, 1.807) is 13.8 Å². The number of nitrogens with one attached hydrogen (secondary N) is 2. The summed E-state index contributed by atoms with van der Waals surface area (Å²) in [7, 11) is 0. The Hall–Kier alpha value is -2.39. The van der Waals surface area contributed by atoms with Gasteiger partial charge in [-0.25, -0.2) is 0 Å². The molecule has 0 atom stereocenters. The molecule has 2 N–H and O–H groups in total. The number of aryl methyl sites for hydroxylation is 1. The van der Waals surface area contributed by atoms with E-state index in [4.69, 9.17) is 0 Å². The number of hydrogen-bond acceptors (Lipinski definition) is 3. The number of pyridine rings is 1. The molecule has 0 aliphatic heterocycles. The topological polar surface area (TPSA) is 85.8 Å². The molecule has 0 spiro atoms. The SMILES string of the molecule is Cc1[nH]c(=O)c(C#N)c(C)c1CCC(=O)NCC1(c2cccc(Br)c2)CCC1. The van der Waals surface area contributed by atoms with Gasteiger partial charge in [0.1, 0.15) is 11.6 Å². The fraction of sp³-hybridized carbons (Fsp3) is 0.409. The van der Waals surface area contributed by atoms with Crippen LogP contribution in [0.1, 0.15) is 53.6 Å². The number of aromatic nitrogens is 1. The normalized spacial score (nSPS) is 14.8. The van der Waals surface area contributed by atoms with Crippen LogP contribution < -0.4 is 10.9 Å². The maximum atomic E-state index is 12.5. The quantitative estimate of drug-likeness (QED) is 0.714. The standard InChI is InChI=1S/C22H24BrN3O2/c1-14-18(15(2)26-21(28)19(14)12-24)7-8-20(27)25-13-22(9-4-10-22)16-5-3-6-17(23)11-16/h3,5-6,11H,4,7-10,13H2,1-2H3,(H,25,27)(H,26,28). The van der Waals surface area contributed by atoms with Gasteiger partial charge in [-0.3, -0.25) is 9.59 Å². The summed E-state index contributed by atoms with van der Waals surface area (Å²) >= 11 is 3.53. The third kappa shape index (κ3) is 4.05. The molecule has 1 heterocycles. The van der Waals surface area contributed by atoms with Crippen molar-refractivity contribution in [1.82, 2.24) is 10.3 Å². The highest BCUT2D eigenvalue weighted by Gasteiger charge is 2.38. The Kier molecular flexibility index (Phi) is 6.04. The van der Waals surface area contributed by atoms with Gasteiger partial charge in [-0.05, 0) is 61.9 Å². The van der Waals surface area contributed by atoms with E-state index in [0.29, 0.717) is 24.9 Å². The number of amides is 1. The molecule has 3 rings (SSSR count). The highest BCUT2D eigenvalue weighted by Crippen LogP contribution is 2.43. The summed E-state index contributed by atoms with van der Waals surface area (Å²) in [6, 6.07) is 10.3. The number of H-pyrrole nitrogens is 1. The smallest absolute Gasteiger partial charge is 0.266 e. The highest BCUT2D eigenvalue weighted by molar-refractivity contribution is 9.10. The number of aromatic amines is 1. The van der Waals surface area contributed by atoms with Crippen molar-refractivity contribution in [1.29, 1.82) is 5.26 Å². The van der Waals surface area contributed by atoms with Crippen molar-refractivity contribution in [2.24, 2.45) is 0 Å². The molecule has 1 aliphatic rings. The molecule has 0 radical (unpaired) electrons. The Labute approximate surface area is 173 Å². The van der Waals surface area contributed by atoms with Gasteiger partial charge in [-0.15, -0.1) is 0 Å². The minimum atomic E-state index is -0.369. The van der Waals surface area contributed by atoms with Gasteiger partial charge >= 0.3 is 0 Å². The fourth-order valence-corrected chi connectivity index (χ4v) is 4.40. The number of benzene rings is 1. The Morgan fingerprint density at radius 3 is 2.71 bits per heavy atom. The molecule has 1 saturated carbocycles. The van der Waals surface area contributed by atoms with E-state index in [1.807, 2.05) is 18.2 Å². The van der Waals surface area contributed by atoms with Crippen molar-refractivity contribution >= 4 is 21.8 Å². The Morgan fingerprint density at radius 1 is 1.36 bits per heavy atom. The molecule has 0 unspecified atom stereocenters. The van der Waals surface area contributed by atoms with Crippen LogP contribution in [0, 0.1) is 25.2 Å². The fourth-order valence-electron chi connectivity index (χ4n) is 4.00. The van der Waals surface area contributed by atoms with E-state index in [2.05, 4.69) is 38.4 Å². The van der Waals surface area contributed by atoms with E-state index in [1.165, 1.54) is 12.0 Å². The summed E-state index contributed by atoms with van der Waals surface area (Å²) in [5.74, 6) is -0.00946. The zero-order chi connectivity index (χ0) is 20.3. The summed E-state index contributed by atoms with van der Waals surface area (Å²) in [6.45, 7) is 4.21. The van der Waals surface area contributed by atoms with Crippen LogP contribution in [0.25, 0.3) is 0 Å². The van der Waals surface area contributed by atoms with E-state index in [-0.39, 0.29) is 22.4 Å². The minimum Gasteiger partial charge on any atom is -0.355 e. The van der Waals surface area contributed by atoms with Crippen LogP contribution in [0.3, 0.4) is 0 Å². The minimum absolute atomic E-state index is 0.00946. The Bertz CT molecular complexity index is 1000. The van der Waals surface area contributed by atoms with Crippen LogP contribution in [0.5, 0.6) is 0 Å². The molecule has 28 heavy (non-hydrogen) atoms. The average molecular weight is 442 g/mol. The lowest BCUT2D eigenvalue weighted by Crippen LogP contribution is -2.45. The first-order valence-electron chi connectivity index (χ1n) is 9.51. The summed E-state index contributed by atoms with van der Waals surface area (Å²) in [6.07, 6.45) is 4.15. The molecule has 146 valence electrons. The number of carbonyl (C=O) groups excluding carboxylic acids is 1. The van der Waals surface area contributed by atoms with E-state index in [9.17, 15) is 14.9 Å². The van der Waals surface area contributed by atoms with Gasteiger partial charge in [0.15, 0.2) is 0 Å². The van der Waals surface area contributed by atoms with Crippen LogP contribution in [0.2, 0.25) is 0 Å². The predicted molar refractivity (Wildman–Crippen MR) is 112 cm³/mol. The van der Waals surface area contributed by atoms with E-state index < -0.39 is 0 Å². The first-order chi connectivity index (χ1) is 13.4. The number of nitriles is 1. The zero-order valence-electron chi connectivity index (χ0n) is 16.2. The van der Waals surface area contributed by atoms with Gasteiger partial charge in [0.2, 0.25) is 5.91 Å². The lowest BCUT2D eigenvalue weighted by molar-refractivity contribution is -0.121. The van der Waals surface area contributed by atoms with Gasteiger partial charge in [0, 0.05) is 28.5 Å². The molecule has 1 aliphatic carbocycles. The molecule has 0 bridgehead atoms. The number of halogens is 1. The van der Waals surface area contributed by atoms with Gasteiger partial charge in [0.25, 0.3) is 5.56 Å². The Morgan fingerprint density at radius 2 is 2.11 bits per heavy atom. The van der Waals surface area contributed by atoms with Gasteiger partial charge in [-0.2, -0.15) is 5.26 Å². The maximum absolute atomic E-state index is 12.5. The highest BCUT2D eigenvalue weighted by atomic mass is 79.9. The number of hydrogen-bond donors (Lipinski definition) is 2. The van der Waals surface area contributed by atoms with E-state index in [0.717, 1.165) is 28.6 Å². The molecule has 1 fully saturated rings. The molecule has 1 aromatic heterocycles. The molecule has 1 amide bonds. The molecule has 0 saturated heterocycles. The summed E-state index contributed by atoms with van der Waals surface area (Å²) in [5, 5.41) is 12.3. The first-order valence-corrected chi connectivity index (χ1v) is 10.3. The number of rotatable bonds is 6. The predicted octanol–water partition coefficient (Wildman–Crippen LogP) is 3.80. The molecular weight excluding hydrogens is 418 g/mol. The second kappa shape index (κ2) is 8.32. The monoisotopic (exact) mass is 441 g/mol. The van der Waals surface area contributed by atoms with Crippen molar-refractivity contribution in [3.8, 4) is 6.07 Å². The third-order valence-corrected chi connectivity index (χ3v) is 6.39. The zero-order valence-corrected chi connectivity index (χ0v) is 17.8. The van der Waals surface area contributed by atoms with Crippen molar-refractivity contribution in [3.63, 3.8) is 0 Å². The summed E-state index contributed by atoms with van der Waals surface area (Å²) in [5.41, 5.74) is 3.31. The van der Waals surface area contributed by atoms with Crippen molar-refractivity contribution in [2.45, 2.75) is 51.4 Å². The van der Waals surface area contributed by atoms with Gasteiger partial charge < -0.3 is 10.3 Å². The van der Waals surface area contributed by atoms with E-state index >= 15 is 0 Å². The number of nitrogens with zero attached hydrogens (tertiary/aromatic N) is 1. The van der Waals surface area contributed by atoms with Crippen LogP contribution in [-0.4, -0.2) is 17.4 Å². The molecule has 6 heteroatoms. The number of carbonyl (C=O) groups is 1. The van der Waals surface area contributed by atoms with Gasteiger partial charge in [0.05, 0.1) is 0 Å². The maximum Gasteiger partial charge on any atom is 0.266 e. The lowest BCUT2D eigenvalue weighted by Gasteiger charge is -2.42. The largest absolute Gasteiger partial charge is 0.355 e. The van der Waals surface area contributed by atoms with Crippen molar-refractivity contribution in [3.05, 3.63) is 67.0 Å². The van der Waals surface area contributed by atoms with Crippen molar-refractivity contribution < 1.29 is 4.79 Å². The molecule has 5 nitrogen and oxygen atoms in total. The van der Waals surface area contributed by atoms with Crippen LogP contribution in [0.15, 0.2) is 33.5 Å².